The first-order chi connectivity index (χ1) is 15.7. The number of unbranched alkanes of at least 4 members (excludes halogenated alkanes) is 1. The number of hydrogen-bond acceptors (Lipinski definition) is 6. The molecule has 1 heterocycles. The Balaban J connectivity index is 1.80. The van der Waals surface area contributed by atoms with Crippen LogP contribution in [-0.2, 0) is 20.9 Å². The molecule has 2 atom stereocenters. The molecule has 0 bridgehead atoms. The third-order valence-corrected chi connectivity index (χ3v) is 5.08. The zero-order valence-corrected chi connectivity index (χ0v) is 19.6. The van der Waals surface area contributed by atoms with Crippen LogP contribution in [0.5, 0.6) is 0 Å². The summed E-state index contributed by atoms with van der Waals surface area (Å²) in [6, 6.07) is 10.3. The van der Waals surface area contributed by atoms with Gasteiger partial charge in [-0.3, -0.25) is 4.79 Å². The normalized spacial score (nSPS) is 16.4. The molecule has 9 nitrogen and oxygen atoms in total. The summed E-state index contributed by atoms with van der Waals surface area (Å²) in [5.74, 6) is -0.278. The summed E-state index contributed by atoms with van der Waals surface area (Å²) in [4.78, 5) is 38.7. The standard InChI is InChI=1S/C24H34N4O5/c1-24(2,3)33-23(31)27-20(21(29)28-15-9-12-19(28)16-25)13-7-8-14-26-22(30)32-17-18-10-5-4-6-11-18/h4-6,10-11,19-20H,7-9,12-15,17H2,1-3H3,(H,26,30)(H,27,31)/t19-,20-/m0/s1. The molecular formula is C24H34N4O5. The molecule has 0 radical (unpaired) electrons. The first kappa shape index (κ1) is 26.0. The largest absolute Gasteiger partial charge is 0.445 e. The first-order valence-electron chi connectivity index (χ1n) is 11.3. The van der Waals surface area contributed by atoms with Crippen molar-refractivity contribution in [2.45, 2.75) is 77.2 Å². The average Bonchev–Trinajstić information content (AvgIpc) is 3.24. The third-order valence-electron chi connectivity index (χ3n) is 5.08. The molecule has 2 rings (SSSR count). The number of carbonyl (C=O) groups excluding carboxylic acids is 3. The summed E-state index contributed by atoms with van der Waals surface area (Å²) in [5.41, 5.74) is 0.213. The van der Waals surface area contributed by atoms with Crippen LogP contribution in [0.2, 0.25) is 0 Å². The first-order valence-corrected chi connectivity index (χ1v) is 11.3. The number of likely N-dealkylation sites (tertiary alicyclic amines) is 1. The van der Waals surface area contributed by atoms with Crippen LogP contribution in [0, 0.1) is 11.3 Å². The van der Waals surface area contributed by atoms with E-state index in [-0.39, 0.29) is 12.5 Å². The summed E-state index contributed by atoms with van der Waals surface area (Å²) >= 11 is 0. The maximum absolute atomic E-state index is 13.0. The molecule has 1 aromatic carbocycles. The van der Waals surface area contributed by atoms with Crippen LogP contribution < -0.4 is 10.6 Å². The second-order valence-electron chi connectivity index (χ2n) is 9.00. The Labute approximate surface area is 195 Å². The number of amides is 3. The van der Waals surface area contributed by atoms with Crippen molar-refractivity contribution in [1.82, 2.24) is 15.5 Å². The van der Waals surface area contributed by atoms with Crippen LogP contribution in [0.25, 0.3) is 0 Å². The van der Waals surface area contributed by atoms with Gasteiger partial charge in [0, 0.05) is 13.1 Å². The third kappa shape index (κ3) is 9.39. The molecule has 3 amide bonds. The van der Waals surface area contributed by atoms with Crippen molar-refractivity contribution in [3.8, 4) is 6.07 Å². The summed E-state index contributed by atoms with van der Waals surface area (Å²) < 4.78 is 10.5. The molecule has 0 unspecified atom stereocenters. The molecule has 180 valence electrons. The summed E-state index contributed by atoms with van der Waals surface area (Å²) in [7, 11) is 0. The number of hydrogen-bond donors (Lipinski definition) is 2. The molecule has 2 N–H and O–H groups in total. The molecule has 1 aliphatic heterocycles. The van der Waals surface area contributed by atoms with E-state index >= 15 is 0 Å². The zero-order chi connectivity index (χ0) is 24.3. The van der Waals surface area contributed by atoms with Gasteiger partial charge < -0.3 is 25.0 Å². The van der Waals surface area contributed by atoms with Crippen LogP contribution in [0.1, 0.15) is 58.4 Å². The second kappa shape index (κ2) is 12.7. The van der Waals surface area contributed by atoms with E-state index in [2.05, 4.69) is 16.7 Å². The number of nitriles is 1. The van der Waals surface area contributed by atoms with E-state index in [1.807, 2.05) is 30.3 Å². The lowest BCUT2D eigenvalue weighted by Crippen LogP contribution is -2.50. The van der Waals surface area contributed by atoms with Crippen molar-refractivity contribution in [1.29, 1.82) is 5.26 Å². The Morgan fingerprint density at radius 1 is 1.18 bits per heavy atom. The van der Waals surface area contributed by atoms with Crippen LogP contribution in [-0.4, -0.2) is 53.8 Å². The molecular weight excluding hydrogens is 424 g/mol. The Kier molecular flexibility index (Phi) is 9.98. The molecule has 1 aliphatic rings. The molecule has 0 aromatic heterocycles. The highest BCUT2D eigenvalue weighted by Crippen LogP contribution is 2.19. The Morgan fingerprint density at radius 3 is 2.58 bits per heavy atom. The van der Waals surface area contributed by atoms with Gasteiger partial charge in [-0.05, 0) is 58.4 Å². The molecule has 9 heteroatoms. The van der Waals surface area contributed by atoms with Crippen LogP contribution in [0.3, 0.4) is 0 Å². The minimum atomic E-state index is -0.793. The van der Waals surface area contributed by atoms with Crippen LogP contribution in [0.15, 0.2) is 30.3 Å². The van der Waals surface area contributed by atoms with E-state index in [1.54, 1.807) is 20.8 Å². The van der Waals surface area contributed by atoms with E-state index in [0.29, 0.717) is 38.8 Å². The fourth-order valence-electron chi connectivity index (χ4n) is 3.51. The number of ether oxygens (including phenoxy) is 2. The molecule has 1 saturated heterocycles. The molecule has 1 aromatic rings. The summed E-state index contributed by atoms with van der Waals surface area (Å²) in [6.45, 7) is 6.32. The lowest BCUT2D eigenvalue weighted by atomic mass is 10.1. The van der Waals surface area contributed by atoms with Gasteiger partial charge in [0.05, 0.1) is 6.07 Å². The maximum Gasteiger partial charge on any atom is 0.408 e. The van der Waals surface area contributed by atoms with Gasteiger partial charge in [0.2, 0.25) is 5.91 Å². The van der Waals surface area contributed by atoms with E-state index in [0.717, 1.165) is 12.0 Å². The van der Waals surface area contributed by atoms with Gasteiger partial charge in [-0.15, -0.1) is 0 Å². The fourth-order valence-corrected chi connectivity index (χ4v) is 3.51. The van der Waals surface area contributed by atoms with Gasteiger partial charge in [0.1, 0.15) is 24.3 Å². The molecule has 0 spiro atoms. The molecule has 0 aliphatic carbocycles. The molecule has 1 fully saturated rings. The van der Waals surface area contributed by atoms with Crippen molar-refractivity contribution in [3.05, 3.63) is 35.9 Å². The predicted octanol–water partition coefficient (Wildman–Crippen LogP) is 3.49. The van der Waals surface area contributed by atoms with E-state index in [9.17, 15) is 19.6 Å². The lowest BCUT2D eigenvalue weighted by Gasteiger charge is -2.27. The number of rotatable bonds is 9. The fraction of sp³-hybridized carbons (Fsp3) is 0.583. The monoisotopic (exact) mass is 458 g/mol. The van der Waals surface area contributed by atoms with E-state index < -0.39 is 29.9 Å². The molecule has 0 saturated carbocycles. The van der Waals surface area contributed by atoms with Crippen molar-refractivity contribution in [3.63, 3.8) is 0 Å². The Bertz CT molecular complexity index is 831. The van der Waals surface area contributed by atoms with Crippen molar-refractivity contribution < 1.29 is 23.9 Å². The van der Waals surface area contributed by atoms with Gasteiger partial charge in [0.15, 0.2) is 0 Å². The van der Waals surface area contributed by atoms with Gasteiger partial charge in [-0.1, -0.05) is 30.3 Å². The Morgan fingerprint density at radius 2 is 1.91 bits per heavy atom. The summed E-state index contributed by atoms with van der Waals surface area (Å²) in [6.07, 6.45) is 1.77. The van der Waals surface area contributed by atoms with Gasteiger partial charge in [-0.25, -0.2) is 9.59 Å². The number of alkyl carbamates (subject to hydrolysis) is 2. The van der Waals surface area contributed by atoms with Gasteiger partial charge >= 0.3 is 12.2 Å². The zero-order valence-electron chi connectivity index (χ0n) is 19.6. The second-order valence-corrected chi connectivity index (χ2v) is 9.00. The smallest absolute Gasteiger partial charge is 0.408 e. The maximum atomic E-state index is 13.0. The van der Waals surface area contributed by atoms with Crippen molar-refractivity contribution in [2.75, 3.05) is 13.1 Å². The van der Waals surface area contributed by atoms with Crippen LogP contribution in [0.4, 0.5) is 9.59 Å². The Hall–Kier alpha value is -3.28. The predicted molar refractivity (Wildman–Crippen MR) is 122 cm³/mol. The van der Waals surface area contributed by atoms with Crippen molar-refractivity contribution in [2.24, 2.45) is 0 Å². The quantitative estimate of drug-likeness (QED) is 0.547. The number of carbonyl (C=O) groups is 3. The topological polar surface area (TPSA) is 121 Å². The van der Waals surface area contributed by atoms with Crippen LogP contribution >= 0.6 is 0 Å². The van der Waals surface area contributed by atoms with E-state index in [4.69, 9.17) is 9.47 Å². The van der Waals surface area contributed by atoms with Gasteiger partial charge in [0.25, 0.3) is 0 Å². The van der Waals surface area contributed by atoms with Gasteiger partial charge in [-0.2, -0.15) is 5.26 Å². The summed E-state index contributed by atoms with van der Waals surface area (Å²) in [5, 5.41) is 14.7. The number of nitrogens with zero attached hydrogens (tertiary/aromatic N) is 2. The minimum absolute atomic E-state index is 0.193. The highest BCUT2D eigenvalue weighted by Gasteiger charge is 2.34. The minimum Gasteiger partial charge on any atom is -0.445 e. The SMILES string of the molecule is CC(C)(C)OC(=O)N[C@@H](CCCCNC(=O)OCc1ccccc1)C(=O)N1CCC[C@H]1C#N. The number of benzene rings is 1. The van der Waals surface area contributed by atoms with Crippen molar-refractivity contribution >= 4 is 18.1 Å². The average molecular weight is 459 g/mol. The van der Waals surface area contributed by atoms with E-state index in [1.165, 1.54) is 4.90 Å². The highest BCUT2D eigenvalue weighted by atomic mass is 16.6. The lowest BCUT2D eigenvalue weighted by molar-refractivity contribution is -0.133. The molecule has 33 heavy (non-hydrogen) atoms. The highest BCUT2D eigenvalue weighted by molar-refractivity contribution is 5.86. The number of nitrogens with one attached hydrogen (secondary N) is 2.